The molecule has 128 valence electrons. The van der Waals surface area contributed by atoms with Crippen LogP contribution in [0.15, 0.2) is 58.8 Å². The van der Waals surface area contributed by atoms with Crippen LogP contribution in [0.25, 0.3) is 11.4 Å². The maximum atomic E-state index is 13.5. The van der Waals surface area contributed by atoms with Gasteiger partial charge in [0.1, 0.15) is 11.6 Å². The molecular weight excluding hydrogens is 407 g/mol. The van der Waals surface area contributed by atoms with Crippen LogP contribution in [0.3, 0.4) is 0 Å². The molecule has 25 heavy (non-hydrogen) atoms. The van der Waals surface area contributed by atoms with Gasteiger partial charge < -0.3 is 4.74 Å². The van der Waals surface area contributed by atoms with E-state index in [4.69, 9.17) is 4.74 Å². The third kappa shape index (κ3) is 3.45. The predicted molar refractivity (Wildman–Crippen MR) is 101 cm³/mol. The lowest BCUT2D eigenvalue weighted by atomic mass is 10.1. The van der Waals surface area contributed by atoms with Crippen molar-refractivity contribution in [2.45, 2.75) is 5.16 Å². The van der Waals surface area contributed by atoms with Gasteiger partial charge in [0.2, 0.25) is 5.16 Å². The first-order valence-corrected chi connectivity index (χ1v) is 8.29. The van der Waals surface area contributed by atoms with Crippen molar-refractivity contribution >= 4 is 34.5 Å². The number of benzene rings is 2. The molecule has 0 aliphatic carbocycles. The Kier molecular flexibility index (Phi) is 5.19. The Morgan fingerprint density at radius 2 is 1.88 bits per heavy atom. The molecule has 0 bridgehead atoms. The van der Waals surface area contributed by atoms with E-state index in [9.17, 15) is 4.39 Å². The SMILES string of the molecule is Br.COc1ccc(C2=Nn3c(nnc3-c3cccc(F)c3)SC2)cc1. The molecule has 1 aliphatic heterocycles. The van der Waals surface area contributed by atoms with Crippen molar-refractivity contribution in [3.8, 4) is 17.1 Å². The molecule has 0 spiro atoms. The summed E-state index contributed by atoms with van der Waals surface area (Å²) in [4.78, 5) is 0. The van der Waals surface area contributed by atoms with Gasteiger partial charge in [-0.25, -0.2) is 4.39 Å². The highest BCUT2D eigenvalue weighted by Crippen LogP contribution is 2.29. The van der Waals surface area contributed by atoms with Gasteiger partial charge in [-0.05, 0) is 42.0 Å². The third-order valence-corrected chi connectivity index (χ3v) is 4.61. The fraction of sp³-hybridized carbons (Fsp3) is 0.118. The van der Waals surface area contributed by atoms with Gasteiger partial charge in [0.15, 0.2) is 5.82 Å². The maximum Gasteiger partial charge on any atom is 0.212 e. The third-order valence-electron chi connectivity index (χ3n) is 3.68. The number of thioether (sulfide) groups is 1. The molecule has 0 fully saturated rings. The average molecular weight is 421 g/mol. The second-order valence-electron chi connectivity index (χ2n) is 5.19. The summed E-state index contributed by atoms with van der Waals surface area (Å²) in [7, 11) is 1.64. The number of halogens is 2. The topological polar surface area (TPSA) is 52.3 Å². The number of rotatable bonds is 3. The van der Waals surface area contributed by atoms with Crippen molar-refractivity contribution in [3.63, 3.8) is 0 Å². The fourth-order valence-corrected chi connectivity index (χ4v) is 3.30. The van der Waals surface area contributed by atoms with Crippen molar-refractivity contribution in [1.82, 2.24) is 14.9 Å². The molecule has 0 unspecified atom stereocenters. The Bertz CT molecular complexity index is 927. The lowest BCUT2D eigenvalue weighted by Gasteiger charge is -2.14. The molecular formula is C17H14BrFN4OS. The first-order chi connectivity index (χ1) is 11.7. The Labute approximate surface area is 158 Å². The number of aromatic nitrogens is 3. The Morgan fingerprint density at radius 3 is 2.60 bits per heavy atom. The summed E-state index contributed by atoms with van der Waals surface area (Å²) < 4.78 is 20.3. The molecule has 4 rings (SSSR count). The molecule has 2 aromatic carbocycles. The minimum absolute atomic E-state index is 0. The van der Waals surface area contributed by atoms with E-state index in [0.717, 1.165) is 17.0 Å². The van der Waals surface area contributed by atoms with Crippen LogP contribution in [0.2, 0.25) is 0 Å². The molecule has 0 N–H and O–H groups in total. The van der Waals surface area contributed by atoms with E-state index in [-0.39, 0.29) is 22.8 Å². The minimum atomic E-state index is -0.312. The molecule has 8 heteroatoms. The smallest absolute Gasteiger partial charge is 0.212 e. The molecule has 1 aromatic heterocycles. The van der Waals surface area contributed by atoms with Crippen molar-refractivity contribution in [1.29, 1.82) is 0 Å². The zero-order chi connectivity index (χ0) is 16.5. The highest BCUT2D eigenvalue weighted by atomic mass is 79.9. The number of nitrogens with zero attached hydrogens (tertiary/aromatic N) is 4. The summed E-state index contributed by atoms with van der Waals surface area (Å²) in [6, 6.07) is 14.0. The zero-order valence-corrected chi connectivity index (χ0v) is 15.7. The van der Waals surface area contributed by atoms with E-state index in [0.29, 0.717) is 22.3 Å². The summed E-state index contributed by atoms with van der Waals surface area (Å²) in [5.41, 5.74) is 2.56. The number of fused-ring (bicyclic) bond motifs is 1. The lowest BCUT2D eigenvalue weighted by molar-refractivity contribution is 0.415. The van der Waals surface area contributed by atoms with Crippen molar-refractivity contribution in [3.05, 3.63) is 59.9 Å². The van der Waals surface area contributed by atoms with Gasteiger partial charge >= 0.3 is 0 Å². The van der Waals surface area contributed by atoms with Crippen LogP contribution in [0.4, 0.5) is 4.39 Å². The van der Waals surface area contributed by atoms with Gasteiger partial charge in [0.25, 0.3) is 0 Å². The number of ether oxygens (including phenoxy) is 1. The van der Waals surface area contributed by atoms with E-state index < -0.39 is 0 Å². The average Bonchev–Trinajstić information content (AvgIpc) is 3.05. The molecule has 0 radical (unpaired) electrons. The molecule has 0 amide bonds. The Balaban J connectivity index is 0.00000182. The molecule has 2 heterocycles. The summed E-state index contributed by atoms with van der Waals surface area (Å²) in [5.74, 6) is 1.72. The van der Waals surface area contributed by atoms with Crippen LogP contribution >= 0.6 is 28.7 Å². The van der Waals surface area contributed by atoms with Gasteiger partial charge in [-0.15, -0.1) is 27.2 Å². The lowest BCUT2D eigenvalue weighted by Crippen LogP contribution is -2.13. The van der Waals surface area contributed by atoms with E-state index in [1.807, 2.05) is 24.3 Å². The largest absolute Gasteiger partial charge is 0.497 e. The second kappa shape index (κ2) is 7.37. The first-order valence-electron chi connectivity index (χ1n) is 7.31. The van der Waals surface area contributed by atoms with E-state index in [1.165, 1.54) is 12.1 Å². The first kappa shape index (κ1) is 17.6. The molecule has 0 saturated heterocycles. The zero-order valence-electron chi connectivity index (χ0n) is 13.2. The van der Waals surface area contributed by atoms with Gasteiger partial charge in [-0.2, -0.15) is 9.78 Å². The monoisotopic (exact) mass is 420 g/mol. The standard InChI is InChI=1S/C17H13FN4OS.BrH/c1-23-14-7-5-11(6-8-14)15-10-24-17-20-19-16(22(17)21-15)12-3-2-4-13(18)9-12;/h2-9H,10H2,1H3;1H. The quantitative estimate of drug-likeness (QED) is 0.641. The highest BCUT2D eigenvalue weighted by Gasteiger charge is 2.20. The summed E-state index contributed by atoms with van der Waals surface area (Å²) in [5, 5.41) is 13.7. The van der Waals surface area contributed by atoms with Crippen LogP contribution in [-0.4, -0.2) is 33.4 Å². The normalized spacial score (nSPS) is 12.8. The second-order valence-corrected chi connectivity index (χ2v) is 6.13. The van der Waals surface area contributed by atoms with Gasteiger partial charge in [0, 0.05) is 11.3 Å². The Morgan fingerprint density at radius 1 is 1.08 bits per heavy atom. The van der Waals surface area contributed by atoms with Crippen LogP contribution in [0.5, 0.6) is 5.75 Å². The van der Waals surface area contributed by atoms with Crippen LogP contribution in [0, 0.1) is 5.82 Å². The van der Waals surface area contributed by atoms with E-state index in [1.54, 1.807) is 35.7 Å². The molecule has 5 nitrogen and oxygen atoms in total. The predicted octanol–water partition coefficient (Wildman–Crippen LogP) is 4.03. The Hall–Kier alpha value is -2.19. The van der Waals surface area contributed by atoms with Gasteiger partial charge in [0.05, 0.1) is 12.8 Å². The summed E-state index contributed by atoms with van der Waals surface area (Å²) >= 11 is 1.55. The van der Waals surface area contributed by atoms with Crippen LogP contribution < -0.4 is 4.74 Å². The fourth-order valence-electron chi connectivity index (χ4n) is 2.46. The molecule has 1 aliphatic rings. The summed E-state index contributed by atoms with van der Waals surface area (Å²) in [6.07, 6.45) is 0. The highest BCUT2D eigenvalue weighted by molar-refractivity contribution is 8.93. The maximum absolute atomic E-state index is 13.5. The van der Waals surface area contributed by atoms with Gasteiger partial charge in [-0.3, -0.25) is 0 Å². The summed E-state index contributed by atoms with van der Waals surface area (Å²) in [6.45, 7) is 0. The number of hydrogen-bond donors (Lipinski definition) is 0. The molecule has 0 atom stereocenters. The molecule has 3 aromatic rings. The number of hydrogen-bond acceptors (Lipinski definition) is 5. The van der Waals surface area contributed by atoms with Crippen molar-refractivity contribution < 1.29 is 9.13 Å². The van der Waals surface area contributed by atoms with Crippen LogP contribution in [-0.2, 0) is 0 Å². The van der Waals surface area contributed by atoms with Crippen molar-refractivity contribution in [2.24, 2.45) is 5.10 Å². The van der Waals surface area contributed by atoms with Gasteiger partial charge in [-0.1, -0.05) is 23.9 Å². The van der Waals surface area contributed by atoms with Crippen molar-refractivity contribution in [2.75, 3.05) is 12.9 Å². The van der Waals surface area contributed by atoms with E-state index in [2.05, 4.69) is 15.3 Å². The van der Waals surface area contributed by atoms with Crippen LogP contribution in [0.1, 0.15) is 5.56 Å². The number of methoxy groups -OCH3 is 1. The molecule has 0 saturated carbocycles. The van der Waals surface area contributed by atoms with E-state index >= 15 is 0 Å². The minimum Gasteiger partial charge on any atom is -0.497 e.